The zero-order chi connectivity index (χ0) is 22.9. The second kappa shape index (κ2) is 9.82. The molecule has 1 aromatic rings. The number of piperidine rings is 1. The van der Waals surface area contributed by atoms with Crippen LogP contribution in [0.1, 0.15) is 69.3 Å². The molecular weight excluding hydrogens is 398 g/mol. The molecule has 1 aromatic carbocycles. The molecule has 0 radical (unpaired) electrons. The van der Waals surface area contributed by atoms with Gasteiger partial charge in [-0.3, -0.25) is 9.69 Å². The van der Waals surface area contributed by atoms with Gasteiger partial charge in [0.1, 0.15) is 0 Å². The number of likely N-dealkylation sites (N-methyl/N-ethyl adjacent to an activating group) is 1. The van der Waals surface area contributed by atoms with E-state index >= 15 is 0 Å². The van der Waals surface area contributed by atoms with E-state index < -0.39 is 0 Å². The largest absolute Gasteiger partial charge is 0.383 e. The van der Waals surface area contributed by atoms with Gasteiger partial charge in [0.15, 0.2) is 5.78 Å². The number of nitrogens with zero attached hydrogens (tertiary/aromatic N) is 2. The number of likely N-dealkylation sites (tertiary alicyclic amines) is 1. The van der Waals surface area contributed by atoms with Crippen molar-refractivity contribution < 1.29 is 9.53 Å². The van der Waals surface area contributed by atoms with Gasteiger partial charge in [-0.15, -0.1) is 0 Å². The molecule has 5 heteroatoms. The lowest BCUT2D eigenvalue weighted by atomic mass is 9.63. The van der Waals surface area contributed by atoms with Gasteiger partial charge in [0.25, 0.3) is 0 Å². The predicted octanol–water partition coefficient (Wildman–Crippen LogP) is 4.42. The average Bonchev–Trinajstić information content (AvgIpc) is 3.61. The van der Waals surface area contributed by atoms with Crippen molar-refractivity contribution in [2.45, 2.75) is 70.9 Å². The number of methoxy groups -OCH3 is 1. The standard InChI is InChI=1S/C27H43N3O2/c1-6-30(18-20-7-8-20)25-19(2)27(3,4)24-17-22(9-10-23(24)26(25)31)28-21-11-13-29(14-12-21)15-16-32-5/h9-10,17,19-21,25,28H,6-8,11-16,18H2,1-5H3/t19-,25-/m0/s1. The molecule has 0 spiro atoms. The first-order valence-corrected chi connectivity index (χ1v) is 12.8. The Hall–Kier alpha value is -1.43. The molecule has 4 rings (SSSR count). The first-order valence-electron chi connectivity index (χ1n) is 12.8. The Kier molecular flexibility index (Phi) is 7.28. The minimum Gasteiger partial charge on any atom is -0.383 e. The van der Waals surface area contributed by atoms with E-state index in [1.807, 2.05) is 0 Å². The minimum absolute atomic E-state index is 0.00154. The van der Waals surface area contributed by atoms with Crippen LogP contribution >= 0.6 is 0 Å². The summed E-state index contributed by atoms with van der Waals surface area (Å²) in [6.45, 7) is 15.2. The monoisotopic (exact) mass is 441 g/mol. The Balaban J connectivity index is 1.48. The summed E-state index contributed by atoms with van der Waals surface area (Å²) < 4.78 is 5.22. The second-order valence-corrected chi connectivity index (χ2v) is 10.9. The number of hydrogen-bond donors (Lipinski definition) is 1. The van der Waals surface area contributed by atoms with Gasteiger partial charge in [0.05, 0.1) is 12.6 Å². The number of fused-ring (bicyclic) bond motifs is 1. The van der Waals surface area contributed by atoms with E-state index in [0.717, 1.165) is 69.3 Å². The van der Waals surface area contributed by atoms with E-state index in [1.54, 1.807) is 7.11 Å². The van der Waals surface area contributed by atoms with Crippen molar-refractivity contribution in [1.82, 2.24) is 9.80 Å². The van der Waals surface area contributed by atoms with Crippen LogP contribution in [0.5, 0.6) is 0 Å². The number of Topliss-reactive ketones (excluding diaryl/α,β-unsaturated/α-hetero) is 1. The molecule has 0 amide bonds. The number of hydrogen-bond acceptors (Lipinski definition) is 5. The Morgan fingerprint density at radius 2 is 1.91 bits per heavy atom. The molecule has 2 fully saturated rings. The molecule has 0 bridgehead atoms. The highest BCUT2D eigenvalue weighted by atomic mass is 16.5. The van der Waals surface area contributed by atoms with Crippen molar-refractivity contribution in [3.05, 3.63) is 29.3 Å². The van der Waals surface area contributed by atoms with Gasteiger partial charge >= 0.3 is 0 Å². The van der Waals surface area contributed by atoms with E-state index in [0.29, 0.717) is 17.7 Å². The number of carbonyl (C=O) groups excluding carboxylic acids is 1. The van der Waals surface area contributed by atoms with E-state index in [-0.39, 0.29) is 11.5 Å². The first-order chi connectivity index (χ1) is 15.3. The molecule has 0 unspecified atom stereocenters. The lowest BCUT2D eigenvalue weighted by Crippen LogP contribution is -2.55. The number of rotatable bonds is 9. The Bertz CT molecular complexity index is 796. The Morgan fingerprint density at radius 3 is 2.53 bits per heavy atom. The van der Waals surface area contributed by atoms with E-state index in [2.05, 4.69) is 61.0 Å². The van der Waals surface area contributed by atoms with Crippen molar-refractivity contribution in [3.63, 3.8) is 0 Å². The summed E-state index contributed by atoms with van der Waals surface area (Å²) in [7, 11) is 1.77. The van der Waals surface area contributed by atoms with Crippen LogP contribution in [0, 0.1) is 11.8 Å². The van der Waals surface area contributed by atoms with Crippen molar-refractivity contribution in [2.75, 3.05) is 51.8 Å². The van der Waals surface area contributed by atoms with Crippen LogP contribution in [0.2, 0.25) is 0 Å². The minimum atomic E-state index is -0.0356. The number of ketones is 1. The molecule has 0 aromatic heterocycles. The molecule has 3 aliphatic rings. The van der Waals surface area contributed by atoms with Crippen LogP contribution in [-0.2, 0) is 10.2 Å². The summed E-state index contributed by atoms with van der Waals surface area (Å²) >= 11 is 0. The quantitative estimate of drug-likeness (QED) is 0.615. The zero-order valence-electron chi connectivity index (χ0n) is 20.8. The zero-order valence-corrected chi connectivity index (χ0v) is 20.8. The molecule has 1 saturated carbocycles. The van der Waals surface area contributed by atoms with Crippen LogP contribution in [0.3, 0.4) is 0 Å². The lowest BCUT2D eigenvalue weighted by Gasteiger charge is -2.47. The SMILES string of the molecule is CCN(CC1CC1)[C@@H]1C(=O)c2ccc(NC3CCN(CCOC)CC3)cc2C(C)(C)[C@H]1C. The summed E-state index contributed by atoms with van der Waals surface area (Å²) in [6, 6.07) is 6.99. The topological polar surface area (TPSA) is 44.8 Å². The normalized spacial score (nSPS) is 26.4. The highest BCUT2D eigenvalue weighted by Gasteiger charge is 2.47. The van der Waals surface area contributed by atoms with Crippen molar-refractivity contribution in [1.29, 1.82) is 0 Å². The summed E-state index contributed by atoms with van der Waals surface area (Å²) in [4.78, 5) is 18.6. The summed E-state index contributed by atoms with van der Waals surface area (Å²) in [5.41, 5.74) is 3.28. The maximum absolute atomic E-state index is 13.7. The number of anilines is 1. The molecule has 1 heterocycles. The second-order valence-electron chi connectivity index (χ2n) is 10.9. The highest BCUT2D eigenvalue weighted by molar-refractivity contribution is 6.03. The lowest BCUT2D eigenvalue weighted by molar-refractivity contribution is 0.0595. The van der Waals surface area contributed by atoms with Gasteiger partial charge in [-0.2, -0.15) is 0 Å². The van der Waals surface area contributed by atoms with Gasteiger partial charge in [-0.25, -0.2) is 0 Å². The van der Waals surface area contributed by atoms with Crippen LogP contribution in [0.4, 0.5) is 5.69 Å². The third-order valence-corrected chi connectivity index (χ3v) is 8.42. The van der Waals surface area contributed by atoms with Crippen LogP contribution < -0.4 is 5.32 Å². The van der Waals surface area contributed by atoms with Gasteiger partial charge in [-0.1, -0.05) is 27.7 Å². The van der Waals surface area contributed by atoms with Crippen molar-refractivity contribution >= 4 is 11.5 Å². The third-order valence-electron chi connectivity index (χ3n) is 8.42. The fourth-order valence-electron chi connectivity index (χ4n) is 5.72. The Labute approximate surface area is 194 Å². The van der Waals surface area contributed by atoms with Crippen LogP contribution in [0.25, 0.3) is 0 Å². The van der Waals surface area contributed by atoms with Crippen molar-refractivity contribution in [2.24, 2.45) is 11.8 Å². The summed E-state index contributed by atoms with van der Waals surface area (Å²) in [5, 5.41) is 3.77. The smallest absolute Gasteiger partial charge is 0.180 e. The fourth-order valence-corrected chi connectivity index (χ4v) is 5.72. The van der Waals surface area contributed by atoms with Crippen molar-refractivity contribution in [3.8, 4) is 0 Å². The first kappa shape index (κ1) is 23.7. The molecule has 5 nitrogen and oxygen atoms in total. The average molecular weight is 442 g/mol. The number of ether oxygens (including phenoxy) is 1. The van der Waals surface area contributed by atoms with E-state index in [4.69, 9.17) is 4.74 Å². The maximum atomic E-state index is 13.7. The number of nitrogens with one attached hydrogen (secondary N) is 1. The maximum Gasteiger partial charge on any atom is 0.180 e. The van der Waals surface area contributed by atoms with Crippen LogP contribution in [0.15, 0.2) is 18.2 Å². The molecule has 1 aliphatic heterocycles. The number of carbonyl (C=O) groups is 1. The molecule has 2 aliphatic carbocycles. The molecule has 1 saturated heterocycles. The third kappa shape index (κ3) is 4.90. The van der Waals surface area contributed by atoms with Gasteiger partial charge in [0, 0.05) is 50.6 Å². The van der Waals surface area contributed by atoms with E-state index in [1.165, 1.54) is 18.4 Å². The molecular formula is C27H43N3O2. The van der Waals surface area contributed by atoms with Gasteiger partial charge in [0.2, 0.25) is 0 Å². The summed E-state index contributed by atoms with van der Waals surface area (Å²) in [5.74, 6) is 1.42. The number of benzene rings is 1. The highest BCUT2D eigenvalue weighted by Crippen LogP contribution is 2.44. The molecule has 32 heavy (non-hydrogen) atoms. The van der Waals surface area contributed by atoms with Gasteiger partial charge in [-0.05, 0) is 73.2 Å². The van der Waals surface area contributed by atoms with E-state index in [9.17, 15) is 4.79 Å². The molecule has 1 N–H and O–H groups in total. The molecule has 178 valence electrons. The Morgan fingerprint density at radius 1 is 1.19 bits per heavy atom. The van der Waals surface area contributed by atoms with Crippen LogP contribution in [-0.4, -0.2) is 74.1 Å². The fraction of sp³-hybridized carbons (Fsp3) is 0.741. The van der Waals surface area contributed by atoms with Gasteiger partial charge < -0.3 is 15.0 Å². The summed E-state index contributed by atoms with van der Waals surface area (Å²) in [6.07, 6.45) is 4.95. The molecule has 2 atom stereocenters. The predicted molar refractivity (Wildman–Crippen MR) is 132 cm³/mol.